The van der Waals surface area contributed by atoms with Gasteiger partial charge in [0.2, 0.25) is 0 Å². The maximum absolute atomic E-state index is 5.76. The minimum atomic E-state index is 0.698. The van der Waals surface area contributed by atoms with E-state index >= 15 is 0 Å². The van der Waals surface area contributed by atoms with Crippen molar-refractivity contribution in [1.29, 1.82) is 0 Å². The average molecular weight is 289 g/mol. The van der Waals surface area contributed by atoms with Crippen molar-refractivity contribution in [2.75, 3.05) is 13.2 Å². The lowest BCUT2D eigenvalue weighted by atomic mass is 9.88. The number of hydrogen-bond acceptors (Lipinski definition) is 2. The smallest absolute Gasteiger partial charge is 0.122 e. The van der Waals surface area contributed by atoms with Gasteiger partial charge in [0.1, 0.15) is 5.75 Å². The van der Waals surface area contributed by atoms with Crippen LogP contribution in [0.15, 0.2) is 24.3 Å². The van der Waals surface area contributed by atoms with Gasteiger partial charge >= 0.3 is 0 Å². The number of fused-ring (bicyclic) bond motifs is 1. The molecule has 1 aliphatic rings. The van der Waals surface area contributed by atoms with Crippen molar-refractivity contribution in [3.63, 3.8) is 0 Å². The predicted molar refractivity (Wildman–Crippen MR) is 90.1 cm³/mol. The van der Waals surface area contributed by atoms with Crippen LogP contribution in [0.3, 0.4) is 0 Å². The number of benzene rings is 1. The zero-order valence-corrected chi connectivity index (χ0v) is 13.7. The highest BCUT2D eigenvalue weighted by Crippen LogP contribution is 2.36. The highest BCUT2D eigenvalue weighted by atomic mass is 16.5. The van der Waals surface area contributed by atoms with E-state index in [4.69, 9.17) is 4.74 Å². The third kappa shape index (κ3) is 5.03. The molecular formula is C19H31NO. The number of hydrogen-bond donors (Lipinski definition) is 1. The van der Waals surface area contributed by atoms with Gasteiger partial charge in [-0.2, -0.15) is 0 Å². The molecule has 1 aromatic rings. The van der Waals surface area contributed by atoms with Crippen LogP contribution < -0.4 is 10.1 Å². The molecule has 0 saturated heterocycles. The fourth-order valence-electron chi connectivity index (χ4n) is 3.37. The molecule has 0 radical (unpaired) electrons. The zero-order chi connectivity index (χ0) is 14.9. The second kappa shape index (κ2) is 9.09. The van der Waals surface area contributed by atoms with Crippen molar-refractivity contribution >= 4 is 0 Å². The van der Waals surface area contributed by atoms with Gasteiger partial charge in [-0.05, 0) is 56.2 Å². The molecular weight excluding hydrogens is 258 g/mol. The van der Waals surface area contributed by atoms with Crippen LogP contribution in [-0.4, -0.2) is 19.2 Å². The van der Waals surface area contributed by atoms with Gasteiger partial charge in [0.15, 0.2) is 0 Å². The molecule has 1 aliphatic heterocycles. The minimum Gasteiger partial charge on any atom is -0.493 e. The lowest BCUT2D eigenvalue weighted by Crippen LogP contribution is -2.29. The molecule has 0 bridgehead atoms. The van der Waals surface area contributed by atoms with Gasteiger partial charge in [-0.25, -0.2) is 0 Å². The Bertz CT molecular complexity index is 404. The Morgan fingerprint density at radius 2 is 2.05 bits per heavy atom. The summed E-state index contributed by atoms with van der Waals surface area (Å²) in [4.78, 5) is 0. The Morgan fingerprint density at radius 1 is 1.19 bits per heavy atom. The van der Waals surface area contributed by atoms with Crippen LogP contribution >= 0.6 is 0 Å². The number of ether oxygens (including phenoxy) is 1. The average Bonchev–Trinajstić information content (AvgIpc) is 2.53. The molecule has 118 valence electrons. The summed E-state index contributed by atoms with van der Waals surface area (Å²) >= 11 is 0. The van der Waals surface area contributed by atoms with E-state index < -0.39 is 0 Å². The molecule has 0 aliphatic carbocycles. The monoisotopic (exact) mass is 289 g/mol. The summed E-state index contributed by atoms with van der Waals surface area (Å²) in [6.45, 7) is 6.57. The molecule has 0 fully saturated rings. The Morgan fingerprint density at radius 3 is 2.86 bits per heavy atom. The van der Waals surface area contributed by atoms with Crippen LogP contribution in [-0.2, 0) is 0 Å². The van der Waals surface area contributed by atoms with E-state index in [-0.39, 0.29) is 0 Å². The summed E-state index contributed by atoms with van der Waals surface area (Å²) in [5.41, 5.74) is 1.43. The SMILES string of the molecule is CCCNC(CCC)CCCC1CCOc2ccccc21. The first-order valence-corrected chi connectivity index (χ1v) is 8.80. The van der Waals surface area contributed by atoms with Crippen molar-refractivity contribution < 1.29 is 4.74 Å². The van der Waals surface area contributed by atoms with Gasteiger partial charge in [-0.1, -0.05) is 44.9 Å². The fourth-order valence-corrected chi connectivity index (χ4v) is 3.37. The van der Waals surface area contributed by atoms with E-state index in [9.17, 15) is 0 Å². The number of nitrogens with one attached hydrogen (secondary N) is 1. The maximum atomic E-state index is 5.76. The van der Waals surface area contributed by atoms with Crippen LogP contribution in [0.4, 0.5) is 0 Å². The van der Waals surface area contributed by atoms with Gasteiger partial charge < -0.3 is 10.1 Å². The van der Waals surface area contributed by atoms with Gasteiger partial charge in [0.05, 0.1) is 6.61 Å². The molecule has 2 nitrogen and oxygen atoms in total. The van der Waals surface area contributed by atoms with Gasteiger partial charge in [0, 0.05) is 6.04 Å². The second-order valence-electron chi connectivity index (χ2n) is 6.24. The molecule has 2 atom stereocenters. The fraction of sp³-hybridized carbons (Fsp3) is 0.684. The second-order valence-corrected chi connectivity index (χ2v) is 6.24. The topological polar surface area (TPSA) is 21.3 Å². The van der Waals surface area contributed by atoms with Gasteiger partial charge in [-0.15, -0.1) is 0 Å². The van der Waals surface area contributed by atoms with Gasteiger partial charge in [0.25, 0.3) is 0 Å². The lowest BCUT2D eigenvalue weighted by molar-refractivity contribution is 0.260. The summed E-state index contributed by atoms with van der Waals surface area (Å²) in [5.74, 6) is 1.81. The summed E-state index contributed by atoms with van der Waals surface area (Å²) in [6, 6.07) is 9.29. The summed E-state index contributed by atoms with van der Waals surface area (Å²) in [5, 5.41) is 3.70. The summed E-state index contributed by atoms with van der Waals surface area (Å²) in [7, 11) is 0. The molecule has 1 N–H and O–H groups in total. The Kier molecular flexibility index (Phi) is 7.08. The molecule has 0 saturated carbocycles. The Balaban J connectivity index is 1.80. The van der Waals surface area contributed by atoms with E-state index in [1.807, 2.05) is 0 Å². The van der Waals surface area contributed by atoms with Crippen molar-refractivity contribution in [2.45, 2.75) is 70.8 Å². The normalized spacial score (nSPS) is 18.9. The van der Waals surface area contributed by atoms with Crippen molar-refractivity contribution in [1.82, 2.24) is 5.32 Å². The maximum Gasteiger partial charge on any atom is 0.122 e. The first-order chi connectivity index (χ1) is 10.3. The zero-order valence-electron chi connectivity index (χ0n) is 13.7. The Labute approximate surface area is 130 Å². The third-order valence-corrected chi connectivity index (χ3v) is 4.51. The number of para-hydroxylation sites is 1. The lowest BCUT2D eigenvalue weighted by Gasteiger charge is -2.26. The van der Waals surface area contributed by atoms with Crippen molar-refractivity contribution in [2.24, 2.45) is 0 Å². The minimum absolute atomic E-state index is 0.698. The van der Waals surface area contributed by atoms with Crippen molar-refractivity contribution in [3.05, 3.63) is 29.8 Å². The molecule has 0 spiro atoms. The van der Waals surface area contributed by atoms with Crippen LogP contribution in [0.2, 0.25) is 0 Å². The molecule has 1 aromatic carbocycles. The summed E-state index contributed by atoms with van der Waals surface area (Å²) in [6.07, 6.45) is 8.93. The molecule has 1 heterocycles. The molecule has 0 amide bonds. The van der Waals surface area contributed by atoms with E-state index in [0.717, 1.165) is 18.9 Å². The highest BCUT2D eigenvalue weighted by molar-refractivity contribution is 5.37. The Hall–Kier alpha value is -1.02. The quantitative estimate of drug-likeness (QED) is 0.698. The molecule has 2 heteroatoms. The van der Waals surface area contributed by atoms with E-state index in [1.54, 1.807) is 0 Å². The van der Waals surface area contributed by atoms with Crippen LogP contribution in [0, 0.1) is 0 Å². The van der Waals surface area contributed by atoms with Crippen LogP contribution in [0.1, 0.15) is 70.3 Å². The van der Waals surface area contributed by atoms with Crippen LogP contribution in [0.25, 0.3) is 0 Å². The highest BCUT2D eigenvalue weighted by Gasteiger charge is 2.20. The van der Waals surface area contributed by atoms with E-state index in [0.29, 0.717) is 12.0 Å². The molecule has 21 heavy (non-hydrogen) atoms. The number of rotatable bonds is 9. The van der Waals surface area contributed by atoms with Gasteiger partial charge in [-0.3, -0.25) is 0 Å². The van der Waals surface area contributed by atoms with E-state index in [1.165, 1.54) is 50.5 Å². The first-order valence-electron chi connectivity index (χ1n) is 8.80. The molecule has 0 aromatic heterocycles. The largest absolute Gasteiger partial charge is 0.493 e. The van der Waals surface area contributed by atoms with Crippen LogP contribution in [0.5, 0.6) is 5.75 Å². The van der Waals surface area contributed by atoms with E-state index in [2.05, 4.69) is 43.4 Å². The third-order valence-electron chi connectivity index (χ3n) is 4.51. The summed E-state index contributed by atoms with van der Waals surface area (Å²) < 4.78 is 5.76. The molecule has 2 rings (SSSR count). The molecule has 2 unspecified atom stereocenters. The first kappa shape index (κ1) is 16.4. The standard InChI is InChI=1S/C19H31NO/c1-3-8-17(20-14-4-2)10-7-9-16-13-15-21-19-12-6-5-11-18(16)19/h5-6,11-12,16-17,20H,3-4,7-10,13-15H2,1-2H3. The predicted octanol–water partition coefficient (Wildman–Crippen LogP) is 4.89. The van der Waals surface area contributed by atoms with Crippen molar-refractivity contribution in [3.8, 4) is 5.75 Å².